The zero-order valence-electron chi connectivity index (χ0n) is 10.2. The van der Waals surface area contributed by atoms with Crippen LogP contribution in [0.2, 0.25) is 0 Å². The lowest BCUT2D eigenvalue weighted by Crippen LogP contribution is -2.19. The molecule has 1 heterocycles. The van der Waals surface area contributed by atoms with Crippen LogP contribution in [0.5, 0.6) is 0 Å². The van der Waals surface area contributed by atoms with Crippen molar-refractivity contribution in [3.05, 3.63) is 18.2 Å². The summed E-state index contributed by atoms with van der Waals surface area (Å²) in [6, 6.07) is 0. The largest absolute Gasteiger partial charge is 0.446 e. The molecule has 0 radical (unpaired) electrons. The van der Waals surface area contributed by atoms with E-state index in [2.05, 4.69) is 15.3 Å². The van der Waals surface area contributed by atoms with E-state index in [1.165, 1.54) is 12.4 Å². The molecule has 2 atom stereocenters. The number of hydrogen-bond donors (Lipinski definition) is 2. The average molecular weight is 239 g/mol. The maximum Gasteiger partial charge on any atom is 0.411 e. The maximum atomic E-state index is 11.4. The lowest BCUT2D eigenvalue weighted by Gasteiger charge is -2.11. The number of rotatable bonds is 4. The fraction of sp³-hybridized carbons (Fsp3) is 0.545. The zero-order valence-corrected chi connectivity index (χ0v) is 10.2. The van der Waals surface area contributed by atoms with E-state index < -0.39 is 12.2 Å². The molecule has 0 saturated carbocycles. The van der Waals surface area contributed by atoms with E-state index in [1.54, 1.807) is 6.92 Å². The van der Waals surface area contributed by atoms with Crippen LogP contribution in [0.15, 0.2) is 12.4 Å². The number of ether oxygens (including phenoxy) is 1. The summed E-state index contributed by atoms with van der Waals surface area (Å²) in [5.74, 6) is 0.311. The van der Waals surface area contributed by atoms with Gasteiger partial charge >= 0.3 is 6.09 Å². The highest BCUT2D eigenvalue weighted by molar-refractivity contribution is 5.84. The first-order chi connectivity index (χ1) is 8.02. The lowest BCUT2D eigenvalue weighted by atomic mass is 10.3. The van der Waals surface area contributed by atoms with Gasteiger partial charge < -0.3 is 9.84 Å². The number of aromatic nitrogens is 2. The number of aliphatic hydroxyl groups excluding tert-OH is 1. The van der Waals surface area contributed by atoms with Crippen LogP contribution in [0.3, 0.4) is 0 Å². The summed E-state index contributed by atoms with van der Waals surface area (Å²) in [5, 5.41) is 11.7. The van der Waals surface area contributed by atoms with Gasteiger partial charge in [0.05, 0.1) is 18.1 Å². The number of nitrogens with zero attached hydrogens (tertiary/aromatic N) is 2. The van der Waals surface area contributed by atoms with Crippen LogP contribution in [0, 0.1) is 0 Å². The zero-order chi connectivity index (χ0) is 12.8. The Bertz CT molecular complexity index is 365. The Balaban J connectivity index is 2.54. The standard InChI is InChI=1S/C11H17N3O3/c1-4-7(2)17-11(16)14-9-5-12-10(8(3)15)13-6-9/h5-8,15H,4H2,1-3H3,(H,14,16)/t7?,8-/m1/s1. The Morgan fingerprint density at radius 1 is 1.47 bits per heavy atom. The number of aliphatic hydroxyl groups is 1. The second-order valence-corrected chi connectivity index (χ2v) is 3.76. The van der Waals surface area contributed by atoms with E-state index in [1.807, 2.05) is 13.8 Å². The summed E-state index contributed by atoms with van der Waals surface area (Å²) in [5.41, 5.74) is 0.433. The molecule has 6 nitrogen and oxygen atoms in total. The molecule has 0 bridgehead atoms. The second kappa shape index (κ2) is 6.15. The van der Waals surface area contributed by atoms with E-state index in [0.717, 1.165) is 6.42 Å². The van der Waals surface area contributed by atoms with Gasteiger partial charge in [-0.05, 0) is 20.3 Å². The second-order valence-electron chi connectivity index (χ2n) is 3.76. The molecule has 17 heavy (non-hydrogen) atoms. The van der Waals surface area contributed by atoms with Gasteiger partial charge in [0.15, 0.2) is 5.82 Å². The minimum absolute atomic E-state index is 0.132. The van der Waals surface area contributed by atoms with Gasteiger partial charge in [-0.1, -0.05) is 6.92 Å². The summed E-state index contributed by atoms with van der Waals surface area (Å²) >= 11 is 0. The first-order valence-electron chi connectivity index (χ1n) is 5.50. The normalized spacial score (nSPS) is 13.9. The van der Waals surface area contributed by atoms with E-state index in [9.17, 15) is 9.90 Å². The monoisotopic (exact) mass is 239 g/mol. The Morgan fingerprint density at radius 2 is 2.06 bits per heavy atom. The molecule has 1 aromatic rings. The highest BCUT2D eigenvalue weighted by atomic mass is 16.6. The van der Waals surface area contributed by atoms with Crippen LogP contribution in [-0.2, 0) is 4.74 Å². The topological polar surface area (TPSA) is 84.3 Å². The molecular weight excluding hydrogens is 222 g/mol. The molecular formula is C11H17N3O3. The molecule has 0 aliphatic rings. The van der Waals surface area contributed by atoms with Crippen molar-refractivity contribution >= 4 is 11.8 Å². The third-order valence-electron chi connectivity index (χ3n) is 2.18. The molecule has 1 aromatic heterocycles. The van der Waals surface area contributed by atoms with Crippen molar-refractivity contribution in [2.24, 2.45) is 0 Å². The first-order valence-corrected chi connectivity index (χ1v) is 5.50. The highest BCUT2D eigenvalue weighted by Crippen LogP contribution is 2.09. The van der Waals surface area contributed by atoms with Gasteiger partial charge in [-0.2, -0.15) is 0 Å². The van der Waals surface area contributed by atoms with Crippen LogP contribution in [0.25, 0.3) is 0 Å². The number of hydrogen-bond acceptors (Lipinski definition) is 5. The summed E-state index contributed by atoms with van der Waals surface area (Å²) in [4.78, 5) is 19.2. The third-order valence-corrected chi connectivity index (χ3v) is 2.18. The van der Waals surface area contributed by atoms with Gasteiger partial charge in [0.1, 0.15) is 12.2 Å². The molecule has 0 fully saturated rings. The van der Waals surface area contributed by atoms with Crippen LogP contribution in [0.1, 0.15) is 39.1 Å². The molecule has 0 aliphatic carbocycles. The summed E-state index contributed by atoms with van der Waals surface area (Å²) in [6.45, 7) is 5.31. The van der Waals surface area contributed by atoms with Gasteiger partial charge in [-0.25, -0.2) is 14.8 Å². The van der Waals surface area contributed by atoms with Crippen LogP contribution in [0.4, 0.5) is 10.5 Å². The molecule has 0 aromatic carbocycles. The van der Waals surface area contributed by atoms with Gasteiger partial charge in [-0.15, -0.1) is 0 Å². The summed E-state index contributed by atoms with van der Waals surface area (Å²) in [6.07, 6.45) is 2.21. The highest BCUT2D eigenvalue weighted by Gasteiger charge is 2.09. The van der Waals surface area contributed by atoms with Crippen LogP contribution < -0.4 is 5.32 Å². The van der Waals surface area contributed by atoms with E-state index >= 15 is 0 Å². The molecule has 0 spiro atoms. The summed E-state index contributed by atoms with van der Waals surface area (Å²) in [7, 11) is 0. The molecule has 0 aliphatic heterocycles. The van der Waals surface area contributed by atoms with Crippen molar-refractivity contribution in [1.29, 1.82) is 0 Å². The van der Waals surface area contributed by atoms with E-state index in [4.69, 9.17) is 4.74 Å². The van der Waals surface area contributed by atoms with Crippen molar-refractivity contribution in [2.45, 2.75) is 39.4 Å². The van der Waals surface area contributed by atoms with Crippen molar-refractivity contribution in [2.75, 3.05) is 5.32 Å². The Hall–Kier alpha value is -1.69. The minimum Gasteiger partial charge on any atom is -0.446 e. The minimum atomic E-state index is -0.726. The SMILES string of the molecule is CCC(C)OC(=O)Nc1cnc([C@@H](C)O)nc1. The molecule has 1 unspecified atom stereocenters. The van der Waals surface area contributed by atoms with Gasteiger partial charge in [-0.3, -0.25) is 5.32 Å². The van der Waals surface area contributed by atoms with Crippen molar-refractivity contribution in [3.8, 4) is 0 Å². The number of anilines is 1. The fourth-order valence-electron chi connectivity index (χ4n) is 1.03. The smallest absolute Gasteiger partial charge is 0.411 e. The predicted molar refractivity (Wildman–Crippen MR) is 62.5 cm³/mol. The van der Waals surface area contributed by atoms with Crippen LogP contribution in [-0.4, -0.2) is 27.3 Å². The first kappa shape index (κ1) is 13.4. The molecule has 94 valence electrons. The van der Waals surface area contributed by atoms with E-state index in [-0.39, 0.29) is 6.10 Å². The summed E-state index contributed by atoms with van der Waals surface area (Å²) < 4.78 is 5.03. The van der Waals surface area contributed by atoms with Crippen LogP contribution >= 0.6 is 0 Å². The van der Waals surface area contributed by atoms with Gasteiger partial charge in [0, 0.05) is 0 Å². The number of carbonyl (C=O) groups is 1. The average Bonchev–Trinajstić information content (AvgIpc) is 2.29. The number of nitrogens with one attached hydrogen (secondary N) is 1. The third kappa shape index (κ3) is 4.36. The maximum absolute atomic E-state index is 11.4. The Morgan fingerprint density at radius 3 is 2.53 bits per heavy atom. The van der Waals surface area contributed by atoms with Gasteiger partial charge in [0.25, 0.3) is 0 Å². The van der Waals surface area contributed by atoms with Crippen molar-refractivity contribution in [3.63, 3.8) is 0 Å². The lowest BCUT2D eigenvalue weighted by molar-refractivity contribution is 0.118. The molecule has 2 N–H and O–H groups in total. The fourth-order valence-corrected chi connectivity index (χ4v) is 1.03. The van der Waals surface area contributed by atoms with Crippen molar-refractivity contribution in [1.82, 2.24) is 9.97 Å². The predicted octanol–water partition coefficient (Wildman–Crippen LogP) is 1.88. The molecule has 1 amide bonds. The van der Waals surface area contributed by atoms with Crippen molar-refractivity contribution < 1.29 is 14.6 Å². The Labute approximate surface area is 100 Å². The molecule has 6 heteroatoms. The number of carbonyl (C=O) groups excluding carboxylic acids is 1. The quantitative estimate of drug-likeness (QED) is 0.838. The van der Waals surface area contributed by atoms with Gasteiger partial charge in [0.2, 0.25) is 0 Å². The molecule has 1 rings (SSSR count). The Kier molecular flexibility index (Phi) is 4.84. The number of amides is 1. The molecule has 0 saturated heterocycles. The van der Waals surface area contributed by atoms with E-state index in [0.29, 0.717) is 11.5 Å².